The summed E-state index contributed by atoms with van der Waals surface area (Å²) in [5.74, 6) is 1.42. The molecule has 0 aliphatic heterocycles. The molecule has 3 heteroatoms. The van der Waals surface area contributed by atoms with Gasteiger partial charge in [0.1, 0.15) is 11.5 Å². The fourth-order valence-corrected chi connectivity index (χ4v) is 2.48. The summed E-state index contributed by atoms with van der Waals surface area (Å²) in [4.78, 5) is 12.3. The first-order chi connectivity index (χ1) is 7.99. The van der Waals surface area contributed by atoms with Gasteiger partial charge in [0, 0.05) is 10.0 Å². The number of aryl methyl sites for hydroxylation is 3. The molecule has 0 aliphatic carbocycles. The van der Waals surface area contributed by atoms with Gasteiger partial charge in [-0.2, -0.15) is 0 Å². The number of furan rings is 1. The van der Waals surface area contributed by atoms with Gasteiger partial charge < -0.3 is 4.42 Å². The molecule has 88 valence electrons. The van der Waals surface area contributed by atoms with Gasteiger partial charge >= 0.3 is 0 Å². The normalized spacial score (nSPS) is 10.6. The minimum absolute atomic E-state index is 0.00812. The van der Waals surface area contributed by atoms with Crippen molar-refractivity contribution in [1.29, 1.82) is 0 Å². The van der Waals surface area contributed by atoms with E-state index < -0.39 is 0 Å². The second-order valence-electron chi connectivity index (χ2n) is 4.14. The van der Waals surface area contributed by atoms with Crippen LogP contribution in [0, 0.1) is 20.8 Å². The van der Waals surface area contributed by atoms with Crippen molar-refractivity contribution in [2.45, 2.75) is 20.8 Å². The Balaban J connectivity index is 2.47. The lowest BCUT2D eigenvalue weighted by atomic mass is 10.0. The van der Waals surface area contributed by atoms with Crippen molar-refractivity contribution in [3.8, 4) is 0 Å². The molecule has 0 radical (unpaired) electrons. The topological polar surface area (TPSA) is 30.2 Å². The van der Waals surface area contributed by atoms with Crippen molar-refractivity contribution in [2.75, 3.05) is 0 Å². The fourth-order valence-electron chi connectivity index (χ4n) is 1.81. The quantitative estimate of drug-likeness (QED) is 0.777. The van der Waals surface area contributed by atoms with Crippen molar-refractivity contribution in [3.05, 3.63) is 56.9 Å². The van der Waals surface area contributed by atoms with Gasteiger partial charge in [-0.05, 0) is 44.5 Å². The number of carbonyl (C=O) groups excluding carboxylic acids is 1. The lowest BCUT2D eigenvalue weighted by Gasteiger charge is -2.03. The first-order valence-corrected chi connectivity index (χ1v) is 6.16. The van der Waals surface area contributed by atoms with E-state index in [0.29, 0.717) is 16.9 Å². The van der Waals surface area contributed by atoms with Crippen LogP contribution in [0.4, 0.5) is 0 Å². The zero-order chi connectivity index (χ0) is 12.6. The predicted molar refractivity (Wildman–Crippen MR) is 70.5 cm³/mol. The Morgan fingerprint density at radius 3 is 2.35 bits per heavy atom. The third-order valence-corrected chi connectivity index (χ3v) is 3.31. The Bertz CT molecular complexity index is 582. The van der Waals surface area contributed by atoms with Gasteiger partial charge in [0.25, 0.3) is 0 Å². The number of rotatable bonds is 2. The Hall–Kier alpha value is -1.35. The van der Waals surface area contributed by atoms with Gasteiger partial charge in [0.05, 0.1) is 5.56 Å². The highest BCUT2D eigenvalue weighted by Crippen LogP contribution is 2.24. The lowest BCUT2D eigenvalue weighted by Crippen LogP contribution is -2.02. The molecule has 0 unspecified atom stereocenters. The van der Waals surface area contributed by atoms with E-state index in [1.54, 1.807) is 6.07 Å². The van der Waals surface area contributed by atoms with Crippen molar-refractivity contribution >= 4 is 21.7 Å². The molecule has 0 N–H and O–H groups in total. The Morgan fingerprint density at radius 1 is 1.12 bits per heavy atom. The summed E-state index contributed by atoms with van der Waals surface area (Å²) < 4.78 is 6.20. The van der Waals surface area contributed by atoms with Crippen LogP contribution in [0.15, 0.2) is 33.2 Å². The monoisotopic (exact) mass is 292 g/mol. The number of carbonyl (C=O) groups is 1. The van der Waals surface area contributed by atoms with Gasteiger partial charge in [-0.15, -0.1) is 0 Å². The summed E-state index contributed by atoms with van der Waals surface area (Å²) in [7, 11) is 0. The van der Waals surface area contributed by atoms with Crippen LogP contribution < -0.4 is 0 Å². The van der Waals surface area contributed by atoms with Crippen molar-refractivity contribution in [2.24, 2.45) is 0 Å². The molecule has 0 fully saturated rings. The third-order valence-electron chi connectivity index (χ3n) is 2.65. The van der Waals surface area contributed by atoms with E-state index in [-0.39, 0.29) is 5.78 Å². The molecule has 0 atom stereocenters. The average Bonchev–Trinajstić information content (AvgIpc) is 2.57. The maximum Gasteiger partial charge on any atom is 0.197 e. The van der Waals surface area contributed by atoms with Crippen LogP contribution in [0.25, 0.3) is 0 Å². The van der Waals surface area contributed by atoms with Gasteiger partial charge in [0.15, 0.2) is 5.78 Å². The van der Waals surface area contributed by atoms with Crippen molar-refractivity contribution in [1.82, 2.24) is 0 Å². The highest BCUT2D eigenvalue weighted by Gasteiger charge is 2.17. The summed E-state index contributed by atoms with van der Waals surface area (Å²) in [5, 5.41) is 0. The van der Waals surface area contributed by atoms with E-state index in [0.717, 1.165) is 15.8 Å². The number of hydrogen-bond acceptors (Lipinski definition) is 2. The average molecular weight is 293 g/mol. The Kier molecular flexibility index (Phi) is 3.20. The zero-order valence-corrected chi connectivity index (χ0v) is 11.6. The molecule has 1 heterocycles. The molecule has 2 aromatic rings. The van der Waals surface area contributed by atoms with Gasteiger partial charge in [-0.3, -0.25) is 4.79 Å². The summed E-state index contributed by atoms with van der Waals surface area (Å²) in [6, 6.07) is 7.49. The lowest BCUT2D eigenvalue weighted by molar-refractivity contribution is 0.103. The van der Waals surface area contributed by atoms with E-state index in [1.165, 1.54) is 0 Å². The van der Waals surface area contributed by atoms with Crippen LogP contribution in [-0.4, -0.2) is 5.78 Å². The first kappa shape index (κ1) is 12.1. The molecular weight excluding hydrogens is 280 g/mol. The number of hydrogen-bond donors (Lipinski definition) is 0. The minimum Gasteiger partial charge on any atom is -0.466 e. The van der Waals surface area contributed by atoms with Gasteiger partial charge in [0.2, 0.25) is 0 Å². The second kappa shape index (κ2) is 4.49. The molecular formula is C14H13BrO2. The van der Waals surface area contributed by atoms with Crippen LogP contribution in [0.2, 0.25) is 0 Å². The third kappa shape index (κ3) is 2.34. The fraction of sp³-hybridized carbons (Fsp3) is 0.214. The van der Waals surface area contributed by atoms with Gasteiger partial charge in [-0.1, -0.05) is 22.0 Å². The van der Waals surface area contributed by atoms with E-state index in [4.69, 9.17) is 4.42 Å². The SMILES string of the molecule is Cc1ccc(C(=O)c2cc(C)oc2C)c(Br)c1. The molecule has 2 rings (SSSR count). The maximum atomic E-state index is 12.3. The second-order valence-corrected chi connectivity index (χ2v) is 4.99. The Labute approximate surface area is 109 Å². The summed E-state index contributed by atoms with van der Waals surface area (Å²) in [5.41, 5.74) is 2.42. The summed E-state index contributed by atoms with van der Waals surface area (Å²) in [6.07, 6.45) is 0. The van der Waals surface area contributed by atoms with E-state index >= 15 is 0 Å². The molecule has 0 saturated heterocycles. The highest BCUT2D eigenvalue weighted by molar-refractivity contribution is 9.10. The first-order valence-electron chi connectivity index (χ1n) is 5.37. The molecule has 0 amide bonds. The van der Waals surface area contributed by atoms with Gasteiger partial charge in [-0.25, -0.2) is 0 Å². The van der Waals surface area contributed by atoms with Crippen LogP contribution in [0.1, 0.15) is 33.0 Å². The largest absolute Gasteiger partial charge is 0.466 e. The Morgan fingerprint density at radius 2 is 1.82 bits per heavy atom. The van der Waals surface area contributed by atoms with Crippen LogP contribution in [0.3, 0.4) is 0 Å². The van der Waals surface area contributed by atoms with E-state index in [9.17, 15) is 4.79 Å². The number of ketones is 1. The predicted octanol–water partition coefficient (Wildman–Crippen LogP) is 4.20. The number of benzene rings is 1. The summed E-state index contributed by atoms with van der Waals surface area (Å²) in [6.45, 7) is 5.64. The summed E-state index contributed by atoms with van der Waals surface area (Å²) >= 11 is 3.42. The molecule has 0 aliphatic rings. The molecule has 1 aromatic heterocycles. The molecule has 0 bridgehead atoms. The van der Waals surface area contributed by atoms with Crippen molar-refractivity contribution < 1.29 is 9.21 Å². The van der Waals surface area contributed by atoms with E-state index in [1.807, 2.05) is 39.0 Å². The number of halogens is 1. The standard InChI is InChI=1S/C14H13BrO2/c1-8-4-5-11(13(15)6-8)14(16)12-7-9(2)17-10(12)3/h4-7H,1-3H3. The smallest absolute Gasteiger partial charge is 0.197 e. The van der Waals surface area contributed by atoms with Crippen molar-refractivity contribution in [3.63, 3.8) is 0 Å². The minimum atomic E-state index is -0.00812. The maximum absolute atomic E-state index is 12.3. The zero-order valence-electron chi connectivity index (χ0n) is 10.0. The van der Waals surface area contributed by atoms with E-state index in [2.05, 4.69) is 15.9 Å². The molecule has 0 saturated carbocycles. The highest BCUT2D eigenvalue weighted by atomic mass is 79.9. The molecule has 17 heavy (non-hydrogen) atoms. The van der Waals surface area contributed by atoms with Crippen LogP contribution >= 0.6 is 15.9 Å². The molecule has 2 nitrogen and oxygen atoms in total. The molecule has 0 spiro atoms. The van der Waals surface area contributed by atoms with Crippen LogP contribution in [0.5, 0.6) is 0 Å². The van der Waals surface area contributed by atoms with Crippen LogP contribution in [-0.2, 0) is 0 Å². The molecule has 1 aromatic carbocycles.